The topological polar surface area (TPSA) is 56.6 Å². The summed E-state index contributed by atoms with van der Waals surface area (Å²) in [4.78, 5) is 15.7. The molecule has 0 atom stereocenters. The van der Waals surface area contributed by atoms with Crippen LogP contribution in [-0.2, 0) is 4.74 Å². The number of halogens is 3. The highest BCUT2D eigenvalue weighted by atomic mass is 35.5. The van der Waals surface area contributed by atoms with Crippen LogP contribution < -0.4 is 4.90 Å². The zero-order valence-electron chi connectivity index (χ0n) is 14.6. The van der Waals surface area contributed by atoms with E-state index in [1.807, 2.05) is 11.0 Å². The molecule has 1 aliphatic heterocycles. The van der Waals surface area contributed by atoms with Crippen LogP contribution in [0.4, 0.5) is 5.69 Å². The third-order valence-corrected chi connectivity index (χ3v) is 5.44. The molecule has 0 aromatic heterocycles. The summed E-state index contributed by atoms with van der Waals surface area (Å²) >= 11 is 18.8. The van der Waals surface area contributed by atoms with E-state index >= 15 is 0 Å². The number of methoxy groups -OCH3 is 1. The van der Waals surface area contributed by atoms with Crippen LogP contribution in [0.5, 0.6) is 0 Å². The fourth-order valence-electron chi connectivity index (χ4n) is 3.06. The number of hydrogen-bond donors (Lipinski definition) is 1. The van der Waals surface area contributed by atoms with Crippen LogP contribution in [-0.4, -0.2) is 50.0 Å². The van der Waals surface area contributed by atoms with E-state index < -0.39 is 5.97 Å². The lowest BCUT2D eigenvalue weighted by atomic mass is 10.1. The van der Waals surface area contributed by atoms with Gasteiger partial charge in [-0.15, -0.1) is 0 Å². The molecule has 1 heterocycles. The number of amidine groups is 1. The van der Waals surface area contributed by atoms with Crippen molar-refractivity contribution >= 4 is 52.3 Å². The Kier molecular flexibility index (Phi) is 6.15. The summed E-state index contributed by atoms with van der Waals surface area (Å²) in [6.07, 6.45) is 0. The summed E-state index contributed by atoms with van der Waals surface area (Å²) in [5.41, 5.74) is 1.82. The van der Waals surface area contributed by atoms with Gasteiger partial charge in [-0.1, -0.05) is 40.9 Å². The monoisotopic (exact) mass is 425 g/mol. The van der Waals surface area contributed by atoms with Gasteiger partial charge in [0.05, 0.1) is 39.0 Å². The normalized spacial score (nSPS) is 14.2. The van der Waals surface area contributed by atoms with Gasteiger partial charge in [-0.3, -0.25) is 5.41 Å². The lowest BCUT2D eigenvalue weighted by Crippen LogP contribution is -2.49. The molecule has 8 heteroatoms. The van der Waals surface area contributed by atoms with E-state index in [1.165, 1.54) is 7.11 Å². The summed E-state index contributed by atoms with van der Waals surface area (Å²) in [6.45, 7) is 2.63. The van der Waals surface area contributed by atoms with Gasteiger partial charge < -0.3 is 14.5 Å². The fourth-order valence-corrected chi connectivity index (χ4v) is 3.94. The summed E-state index contributed by atoms with van der Waals surface area (Å²) < 4.78 is 4.72. The highest BCUT2D eigenvalue weighted by Crippen LogP contribution is 2.30. The first-order chi connectivity index (χ1) is 12.9. The van der Waals surface area contributed by atoms with Gasteiger partial charge in [0, 0.05) is 26.2 Å². The minimum Gasteiger partial charge on any atom is -0.465 e. The molecule has 3 rings (SSSR count). The second-order valence-electron chi connectivity index (χ2n) is 6.08. The summed E-state index contributed by atoms with van der Waals surface area (Å²) in [5.74, 6) is -0.101. The van der Waals surface area contributed by atoms with Crippen molar-refractivity contribution in [1.29, 1.82) is 5.41 Å². The number of esters is 1. The SMILES string of the molecule is COC(=O)c1ccc(N2CCN(C(=N)c3c(Cl)cccc3Cl)CC2)c(Cl)c1. The Balaban J connectivity index is 1.70. The number of nitrogens with one attached hydrogen (secondary N) is 1. The molecular formula is C19H18Cl3N3O2. The van der Waals surface area contributed by atoms with E-state index in [-0.39, 0.29) is 0 Å². The van der Waals surface area contributed by atoms with Gasteiger partial charge in [-0.25, -0.2) is 4.79 Å². The van der Waals surface area contributed by atoms with E-state index in [1.54, 1.807) is 30.3 Å². The largest absolute Gasteiger partial charge is 0.465 e. The quantitative estimate of drug-likeness (QED) is 0.443. The van der Waals surface area contributed by atoms with Crippen molar-refractivity contribution in [2.45, 2.75) is 0 Å². The maximum absolute atomic E-state index is 11.6. The number of hydrogen-bond acceptors (Lipinski definition) is 4. The minimum absolute atomic E-state index is 0.317. The van der Waals surface area contributed by atoms with Crippen molar-refractivity contribution in [3.63, 3.8) is 0 Å². The lowest BCUT2D eigenvalue weighted by Gasteiger charge is -2.38. The van der Waals surface area contributed by atoms with Crippen molar-refractivity contribution in [2.75, 3.05) is 38.2 Å². The molecule has 0 spiro atoms. The molecule has 5 nitrogen and oxygen atoms in total. The second-order valence-corrected chi connectivity index (χ2v) is 7.30. The Bertz CT molecular complexity index is 860. The molecule has 1 N–H and O–H groups in total. The Morgan fingerprint density at radius 3 is 2.19 bits per heavy atom. The van der Waals surface area contributed by atoms with Crippen molar-refractivity contribution in [1.82, 2.24) is 4.90 Å². The first-order valence-electron chi connectivity index (χ1n) is 8.33. The molecule has 1 saturated heterocycles. The number of carbonyl (C=O) groups is 1. The molecule has 0 aliphatic carbocycles. The number of carbonyl (C=O) groups excluding carboxylic acids is 1. The molecule has 0 saturated carbocycles. The molecule has 1 aliphatic rings. The minimum atomic E-state index is -0.418. The summed E-state index contributed by atoms with van der Waals surface area (Å²) in [5, 5.41) is 9.91. The van der Waals surface area contributed by atoms with E-state index in [2.05, 4.69) is 4.90 Å². The van der Waals surface area contributed by atoms with Gasteiger partial charge in [0.2, 0.25) is 0 Å². The molecule has 0 unspecified atom stereocenters. The first-order valence-corrected chi connectivity index (χ1v) is 9.46. The Hall–Kier alpha value is -1.95. The molecule has 2 aromatic carbocycles. The number of rotatable bonds is 3. The molecule has 1 fully saturated rings. The third kappa shape index (κ3) is 4.15. The van der Waals surface area contributed by atoms with Crippen LogP contribution in [0.3, 0.4) is 0 Å². The first kappa shape index (κ1) is 19.8. The molecule has 0 bridgehead atoms. The molecular weight excluding hydrogens is 409 g/mol. The average Bonchev–Trinajstić information content (AvgIpc) is 2.67. The Morgan fingerprint density at radius 1 is 1.00 bits per heavy atom. The van der Waals surface area contributed by atoms with Crippen molar-refractivity contribution in [3.05, 3.63) is 62.6 Å². The van der Waals surface area contributed by atoms with E-state index in [9.17, 15) is 4.79 Å². The number of anilines is 1. The maximum Gasteiger partial charge on any atom is 0.337 e. The number of benzene rings is 2. The molecule has 0 radical (unpaired) electrons. The van der Waals surface area contributed by atoms with Gasteiger partial charge >= 0.3 is 5.97 Å². The zero-order valence-corrected chi connectivity index (χ0v) is 16.9. The predicted octanol–water partition coefficient (Wildman–Crippen LogP) is 4.58. The molecule has 27 heavy (non-hydrogen) atoms. The lowest BCUT2D eigenvalue weighted by molar-refractivity contribution is 0.0600. The predicted molar refractivity (Wildman–Crippen MR) is 110 cm³/mol. The third-order valence-electron chi connectivity index (χ3n) is 4.50. The van der Waals surface area contributed by atoms with Crippen LogP contribution in [0, 0.1) is 5.41 Å². The smallest absolute Gasteiger partial charge is 0.337 e. The number of ether oxygens (including phenoxy) is 1. The summed E-state index contributed by atoms with van der Waals surface area (Å²) in [7, 11) is 1.34. The molecule has 142 valence electrons. The van der Waals surface area contributed by atoms with Crippen LogP contribution in [0.1, 0.15) is 15.9 Å². The Labute approximate surface area is 172 Å². The van der Waals surface area contributed by atoms with Crippen LogP contribution >= 0.6 is 34.8 Å². The van der Waals surface area contributed by atoms with Crippen molar-refractivity contribution in [2.24, 2.45) is 0 Å². The molecule has 2 aromatic rings. The van der Waals surface area contributed by atoms with Crippen molar-refractivity contribution in [3.8, 4) is 0 Å². The number of piperazine rings is 1. The van der Waals surface area contributed by atoms with Gasteiger partial charge in [-0.05, 0) is 30.3 Å². The average molecular weight is 427 g/mol. The summed E-state index contributed by atoms with van der Waals surface area (Å²) in [6, 6.07) is 10.4. The standard InChI is InChI=1S/C19H18Cl3N3O2/c1-27-19(26)12-5-6-16(15(22)11-12)24-7-9-25(10-8-24)18(23)17-13(20)3-2-4-14(17)21/h2-6,11,23H,7-10H2,1H3. The zero-order chi connectivity index (χ0) is 19.6. The van der Waals surface area contributed by atoms with E-state index in [0.717, 1.165) is 5.69 Å². The van der Waals surface area contributed by atoms with Gasteiger partial charge in [0.25, 0.3) is 0 Å². The van der Waals surface area contributed by atoms with Crippen LogP contribution in [0.2, 0.25) is 15.1 Å². The fraction of sp³-hybridized carbons (Fsp3) is 0.263. The number of nitrogens with zero attached hydrogens (tertiary/aromatic N) is 2. The highest BCUT2D eigenvalue weighted by Gasteiger charge is 2.24. The second kappa shape index (κ2) is 8.38. The van der Waals surface area contributed by atoms with Gasteiger partial charge in [0.15, 0.2) is 0 Å². The van der Waals surface area contributed by atoms with Gasteiger partial charge in [0.1, 0.15) is 5.84 Å². The van der Waals surface area contributed by atoms with Crippen molar-refractivity contribution < 1.29 is 9.53 Å². The molecule has 0 amide bonds. The van der Waals surface area contributed by atoms with E-state index in [0.29, 0.717) is 58.2 Å². The van der Waals surface area contributed by atoms with Crippen LogP contribution in [0.25, 0.3) is 0 Å². The Morgan fingerprint density at radius 2 is 1.63 bits per heavy atom. The van der Waals surface area contributed by atoms with E-state index in [4.69, 9.17) is 44.9 Å². The van der Waals surface area contributed by atoms with Gasteiger partial charge in [-0.2, -0.15) is 0 Å². The van der Waals surface area contributed by atoms with Crippen LogP contribution in [0.15, 0.2) is 36.4 Å². The highest BCUT2D eigenvalue weighted by molar-refractivity contribution is 6.39. The maximum atomic E-state index is 11.6.